The van der Waals surface area contributed by atoms with Gasteiger partial charge in [0.25, 0.3) is 5.91 Å². The van der Waals surface area contributed by atoms with Gasteiger partial charge in [0.1, 0.15) is 0 Å². The number of carbonyl (C=O) groups excluding carboxylic acids is 3. The Morgan fingerprint density at radius 3 is 2.33 bits per heavy atom. The van der Waals surface area contributed by atoms with Gasteiger partial charge in [-0.25, -0.2) is 0 Å². The Labute approximate surface area is 199 Å². The molecule has 1 saturated heterocycles. The Morgan fingerprint density at radius 2 is 1.61 bits per heavy atom. The zero-order valence-corrected chi connectivity index (χ0v) is 19.7. The van der Waals surface area contributed by atoms with Crippen molar-refractivity contribution < 1.29 is 14.4 Å². The maximum absolute atomic E-state index is 12.8. The van der Waals surface area contributed by atoms with Crippen LogP contribution in [0.5, 0.6) is 0 Å². The lowest BCUT2D eigenvalue weighted by atomic mass is 10.1. The van der Waals surface area contributed by atoms with Gasteiger partial charge in [0.2, 0.25) is 11.8 Å². The van der Waals surface area contributed by atoms with E-state index < -0.39 is 0 Å². The van der Waals surface area contributed by atoms with E-state index in [0.29, 0.717) is 34.1 Å². The van der Waals surface area contributed by atoms with Gasteiger partial charge < -0.3 is 20.9 Å². The average Bonchev–Trinajstić information content (AvgIpc) is 3.09. The first kappa shape index (κ1) is 24.6. The van der Waals surface area contributed by atoms with Crippen LogP contribution >= 0.6 is 11.6 Å². The molecule has 3 rings (SSSR count). The molecule has 1 fully saturated rings. The Bertz CT molecular complexity index is 987. The molecule has 0 saturated carbocycles. The number of rotatable bonds is 8. The molecule has 2 aromatic rings. The Balaban J connectivity index is 1.57. The molecule has 8 heteroatoms. The van der Waals surface area contributed by atoms with E-state index >= 15 is 0 Å². The number of carbonyl (C=O) groups is 3. The van der Waals surface area contributed by atoms with Crippen molar-refractivity contribution in [3.8, 4) is 0 Å². The number of nitrogens with zero attached hydrogens (tertiary/aromatic N) is 1. The van der Waals surface area contributed by atoms with Gasteiger partial charge in [0.05, 0.1) is 17.3 Å². The monoisotopic (exact) mass is 470 g/mol. The summed E-state index contributed by atoms with van der Waals surface area (Å²) >= 11 is 6.23. The van der Waals surface area contributed by atoms with Crippen molar-refractivity contribution in [1.82, 2.24) is 4.90 Å². The van der Waals surface area contributed by atoms with E-state index in [4.69, 9.17) is 11.6 Å². The number of amides is 3. The first-order chi connectivity index (χ1) is 16.0. The summed E-state index contributed by atoms with van der Waals surface area (Å²) in [6, 6.07) is 12.1. The van der Waals surface area contributed by atoms with Crippen molar-refractivity contribution in [2.24, 2.45) is 0 Å². The number of hydrogen-bond donors (Lipinski definition) is 3. The minimum atomic E-state index is -0.272. The Morgan fingerprint density at radius 1 is 0.909 bits per heavy atom. The fourth-order valence-electron chi connectivity index (χ4n) is 3.76. The van der Waals surface area contributed by atoms with Crippen LogP contribution in [0.25, 0.3) is 0 Å². The molecular weight excluding hydrogens is 440 g/mol. The minimum Gasteiger partial charge on any atom is -0.375 e. The Kier molecular flexibility index (Phi) is 9.13. The zero-order chi connectivity index (χ0) is 23.6. The summed E-state index contributed by atoms with van der Waals surface area (Å²) < 4.78 is 0. The quantitative estimate of drug-likeness (QED) is 0.498. The zero-order valence-electron chi connectivity index (χ0n) is 19.0. The summed E-state index contributed by atoms with van der Waals surface area (Å²) in [5.74, 6) is -0.344. The fraction of sp³-hybridized carbons (Fsp3) is 0.400. The number of benzene rings is 2. The Hall–Kier alpha value is -3.06. The van der Waals surface area contributed by atoms with Crippen LogP contribution in [-0.2, 0) is 9.59 Å². The summed E-state index contributed by atoms with van der Waals surface area (Å²) in [6.45, 7) is 3.47. The molecule has 0 unspecified atom stereocenters. The topological polar surface area (TPSA) is 90.5 Å². The summed E-state index contributed by atoms with van der Waals surface area (Å²) in [6.07, 6.45) is 5.57. The van der Waals surface area contributed by atoms with Crippen LogP contribution in [0.15, 0.2) is 42.5 Å². The second-order valence-electron chi connectivity index (χ2n) is 8.18. The van der Waals surface area contributed by atoms with Gasteiger partial charge in [-0.05, 0) is 55.7 Å². The number of halogens is 1. The fourth-order valence-corrected chi connectivity index (χ4v) is 3.94. The molecule has 2 aromatic carbocycles. The van der Waals surface area contributed by atoms with Crippen LogP contribution in [-0.4, -0.2) is 42.3 Å². The maximum Gasteiger partial charge on any atom is 0.253 e. The molecule has 7 nitrogen and oxygen atoms in total. The molecule has 1 heterocycles. The molecule has 1 aliphatic heterocycles. The van der Waals surface area contributed by atoms with E-state index in [1.165, 1.54) is 0 Å². The largest absolute Gasteiger partial charge is 0.375 e. The van der Waals surface area contributed by atoms with E-state index in [1.54, 1.807) is 42.5 Å². The standard InChI is InChI=1S/C25H31ClN4O3/c1-2-8-23(31)28-20-11-12-21(26)22(16-20)27-17-24(32)29-19-10-7-9-18(15-19)25(33)30-13-5-3-4-6-14-30/h7,9-12,15-16,27H,2-6,8,13-14,17H2,1H3,(H,28,31)(H,29,32). The third-order valence-corrected chi connectivity index (χ3v) is 5.78. The highest BCUT2D eigenvalue weighted by Gasteiger charge is 2.17. The van der Waals surface area contributed by atoms with Crippen molar-refractivity contribution in [3.05, 3.63) is 53.1 Å². The third-order valence-electron chi connectivity index (χ3n) is 5.45. The van der Waals surface area contributed by atoms with Crippen molar-refractivity contribution in [3.63, 3.8) is 0 Å². The van der Waals surface area contributed by atoms with Crippen LogP contribution in [0.4, 0.5) is 17.1 Å². The summed E-state index contributed by atoms with van der Waals surface area (Å²) in [5, 5.41) is 9.08. The molecule has 0 aliphatic carbocycles. The number of nitrogens with one attached hydrogen (secondary N) is 3. The molecule has 0 bridgehead atoms. The van der Waals surface area contributed by atoms with Gasteiger partial charge in [-0.2, -0.15) is 0 Å². The van der Waals surface area contributed by atoms with Gasteiger partial charge in [0.15, 0.2) is 0 Å². The predicted molar refractivity (Wildman–Crippen MR) is 133 cm³/mol. The van der Waals surface area contributed by atoms with Gasteiger partial charge >= 0.3 is 0 Å². The number of anilines is 3. The van der Waals surface area contributed by atoms with Crippen molar-refractivity contribution >= 4 is 46.4 Å². The summed E-state index contributed by atoms with van der Waals surface area (Å²) in [5.41, 5.74) is 2.29. The SMILES string of the molecule is CCCC(=O)Nc1ccc(Cl)c(NCC(=O)Nc2cccc(C(=O)N3CCCCCC3)c2)c1. The molecule has 0 spiro atoms. The molecule has 0 aromatic heterocycles. The molecule has 0 radical (unpaired) electrons. The van der Waals surface area contributed by atoms with Gasteiger partial charge in [0, 0.05) is 36.4 Å². The van der Waals surface area contributed by atoms with Gasteiger partial charge in [-0.1, -0.05) is 37.4 Å². The highest BCUT2D eigenvalue weighted by atomic mass is 35.5. The second-order valence-corrected chi connectivity index (χ2v) is 8.59. The first-order valence-electron chi connectivity index (χ1n) is 11.5. The lowest BCUT2D eigenvalue weighted by molar-refractivity contribution is -0.116. The highest BCUT2D eigenvalue weighted by Crippen LogP contribution is 2.25. The number of hydrogen-bond acceptors (Lipinski definition) is 4. The van der Waals surface area contributed by atoms with Crippen LogP contribution in [0.1, 0.15) is 55.8 Å². The molecule has 33 heavy (non-hydrogen) atoms. The predicted octanol–water partition coefficient (Wildman–Crippen LogP) is 5.15. The molecule has 0 atom stereocenters. The lowest BCUT2D eigenvalue weighted by Gasteiger charge is -2.20. The van der Waals surface area contributed by atoms with Crippen LogP contribution < -0.4 is 16.0 Å². The lowest BCUT2D eigenvalue weighted by Crippen LogP contribution is -2.31. The molecule has 176 valence electrons. The van der Waals surface area contributed by atoms with E-state index in [1.807, 2.05) is 11.8 Å². The summed E-state index contributed by atoms with van der Waals surface area (Å²) in [4.78, 5) is 39.0. The van der Waals surface area contributed by atoms with E-state index in [9.17, 15) is 14.4 Å². The second kappa shape index (κ2) is 12.3. The van der Waals surface area contributed by atoms with E-state index in [0.717, 1.165) is 45.2 Å². The minimum absolute atomic E-state index is 0.000147. The first-order valence-corrected chi connectivity index (χ1v) is 11.9. The molecule has 1 aliphatic rings. The van der Waals surface area contributed by atoms with Crippen molar-refractivity contribution in [2.45, 2.75) is 45.4 Å². The average molecular weight is 471 g/mol. The third kappa shape index (κ3) is 7.49. The van der Waals surface area contributed by atoms with Gasteiger partial charge in [-0.15, -0.1) is 0 Å². The molecular formula is C25H31ClN4O3. The smallest absolute Gasteiger partial charge is 0.253 e. The number of likely N-dealkylation sites (tertiary alicyclic amines) is 1. The van der Waals surface area contributed by atoms with Crippen LogP contribution in [0.3, 0.4) is 0 Å². The molecule has 3 N–H and O–H groups in total. The summed E-state index contributed by atoms with van der Waals surface area (Å²) in [7, 11) is 0. The molecule has 3 amide bonds. The van der Waals surface area contributed by atoms with Gasteiger partial charge in [-0.3, -0.25) is 14.4 Å². The van der Waals surface area contributed by atoms with Crippen molar-refractivity contribution in [2.75, 3.05) is 35.6 Å². The van der Waals surface area contributed by atoms with Crippen molar-refractivity contribution in [1.29, 1.82) is 0 Å². The normalized spacial score (nSPS) is 13.7. The van der Waals surface area contributed by atoms with E-state index in [-0.39, 0.29) is 24.3 Å². The highest BCUT2D eigenvalue weighted by molar-refractivity contribution is 6.33. The maximum atomic E-state index is 12.8. The van der Waals surface area contributed by atoms with Crippen LogP contribution in [0, 0.1) is 0 Å². The van der Waals surface area contributed by atoms with Crippen LogP contribution in [0.2, 0.25) is 5.02 Å². The van der Waals surface area contributed by atoms with E-state index in [2.05, 4.69) is 16.0 Å².